The number of hydrogen-bond donors (Lipinski definition) is 2. The van der Waals surface area contributed by atoms with Crippen molar-refractivity contribution in [3.63, 3.8) is 0 Å². The molecule has 0 saturated heterocycles. The average Bonchev–Trinajstić information content (AvgIpc) is 3.55. The molecule has 0 aliphatic carbocycles. The number of benzene rings is 2. The highest BCUT2D eigenvalue weighted by molar-refractivity contribution is 9.10. The Morgan fingerprint density at radius 3 is 2.49 bits per heavy atom. The molecule has 3 heterocycles. The Labute approximate surface area is 244 Å². The maximum absolute atomic E-state index is 13.5. The normalized spacial score (nSPS) is 11.6. The van der Waals surface area contributed by atoms with Crippen molar-refractivity contribution in [3.05, 3.63) is 103 Å². The van der Waals surface area contributed by atoms with E-state index in [9.17, 15) is 22.8 Å². The second-order valence-corrected chi connectivity index (χ2v) is 11.1. The van der Waals surface area contributed by atoms with Crippen molar-refractivity contribution < 1.29 is 22.8 Å². The van der Waals surface area contributed by atoms with Gasteiger partial charge in [0.2, 0.25) is 0 Å². The fourth-order valence-electron chi connectivity index (χ4n) is 4.28. The molecule has 2 aromatic carbocycles. The number of nitrogens with zero attached hydrogens (tertiary/aromatic N) is 4. The predicted octanol–water partition coefficient (Wildman–Crippen LogP) is 6.52. The van der Waals surface area contributed by atoms with Crippen molar-refractivity contribution in [2.24, 2.45) is 0 Å². The second-order valence-electron chi connectivity index (χ2n) is 9.18. The lowest BCUT2D eigenvalue weighted by Crippen LogP contribution is -2.22. The first-order valence-corrected chi connectivity index (χ1v) is 13.9. The van der Waals surface area contributed by atoms with E-state index in [0.29, 0.717) is 40.2 Å². The van der Waals surface area contributed by atoms with E-state index in [1.807, 2.05) is 17.5 Å². The molecule has 41 heavy (non-hydrogen) atoms. The summed E-state index contributed by atoms with van der Waals surface area (Å²) < 4.78 is 42.9. The Balaban J connectivity index is 1.34. The van der Waals surface area contributed by atoms with E-state index < -0.39 is 17.8 Å². The summed E-state index contributed by atoms with van der Waals surface area (Å²) in [5.41, 5.74) is 1.65. The standard InChI is InChI=1S/C28H22BrF3N6O2S/c1-15-25(36-27(40)21-12-23(28(30,31)32)35-22-8-7-19(29)11-20(21)22)16(2)38(37-15)14-17-3-5-18(6-4-17)26(39)34-13-24-33-9-10-41-24/h3-12H,13-14H2,1-2H3,(H,34,39)(H,36,40). The summed E-state index contributed by atoms with van der Waals surface area (Å²) in [6.07, 6.45) is -3.04. The van der Waals surface area contributed by atoms with Crippen LogP contribution in [0.25, 0.3) is 10.9 Å². The number of hydrogen-bond acceptors (Lipinski definition) is 6. The van der Waals surface area contributed by atoms with Gasteiger partial charge >= 0.3 is 6.18 Å². The Hall–Kier alpha value is -4.10. The molecule has 5 rings (SSSR count). The van der Waals surface area contributed by atoms with Gasteiger partial charge in [-0.2, -0.15) is 18.3 Å². The molecule has 0 aliphatic heterocycles. The number of carbonyl (C=O) groups excluding carboxylic acids is 2. The summed E-state index contributed by atoms with van der Waals surface area (Å²) in [6.45, 7) is 4.17. The minimum atomic E-state index is -4.72. The number of carbonyl (C=O) groups is 2. The second kappa shape index (κ2) is 11.4. The zero-order valence-corrected chi connectivity index (χ0v) is 24.1. The third kappa shape index (κ3) is 6.30. The summed E-state index contributed by atoms with van der Waals surface area (Å²) in [6, 6.07) is 12.4. The van der Waals surface area contributed by atoms with Gasteiger partial charge in [0.15, 0.2) is 0 Å². The number of alkyl halides is 3. The number of fused-ring (bicyclic) bond motifs is 1. The SMILES string of the molecule is Cc1nn(Cc2ccc(C(=O)NCc3nccs3)cc2)c(C)c1NC(=O)c1cc(C(F)(F)F)nc2ccc(Br)cc12. The maximum atomic E-state index is 13.5. The lowest BCUT2D eigenvalue weighted by Gasteiger charge is -2.13. The molecule has 0 atom stereocenters. The molecule has 13 heteroatoms. The Morgan fingerprint density at radius 1 is 1.05 bits per heavy atom. The fourth-order valence-corrected chi connectivity index (χ4v) is 5.19. The number of halogens is 4. The molecule has 0 spiro atoms. The highest BCUT2D eigenvalue weighted by atomic mass is 79.9. The van der Waals surface area contributed by atoms with E-state index in [2.05, 4.69) is 41.6 Å². The summed E-state index contributed by atoms with van der Waals surface area (Å²) in [7, 11) is 0. The van der Waals surface area contributed by atoms with Crippen LogP contribution in [0.3, 0.4) is 0 Å². The van der Waals surface area contributed by atoms with Crippen LogP contribution in [-0.4, -0.2) is 31.6 Å². The van der Waals surface area contributed by atoms with Crippen LogP contribution >= 0.6 is 27.3 Å². The van der Waals surface area contributed by atoms with Gasteiger partial charge in [0.1, 0.15) is 10.7 Å². The number of nitrogens with one attached hydrogen (secondary N) is 2. The van der Waals surface area contributed by atoms with E-state index >= 15 is 0 Å². The smallest absolute Gasteiger partial charge is 0.346 e. The quantitative estimate of drug-likeness (QED) is 0.211. The largest absolute Gasteiger partial charge is 0.433 e. The van der Waals surface area contributed by atoms with Crippen LogP contribution in [0.1, 0.15) is 48.4 Å². The number of thiazole rings is 1. The van der Waals surface area contributed by atoms with Crippen LogP contribution in [0.5, 0.6) is 0 Å². The van der Waals surface area contributed by atoms with Gasteiger partial charge in [-0.15, -0.1) is 11.3 Å². The summed E-state index contributed by atoms with van der Waals surface area (Å²) in [5, 5.41) is 13.0. The predicted molar refractivity (Wildman–Crippen MR) is 153 cm³/mol. The van der Waals surface area contributed by atoms with Crippen molar-refractivity contribution in [2.45, 2.75) is 33.1 Å². The maximum Gasteiger partial charge on any atom is 0.433 e. The van der Waals surface area contributed by atoms with Crippen LogP contribution < -0.4 is 10.6 Å². The minimum absolute atomic E-state index is 0.0534. The molecule has 5 aromatic rings. The van der Waals surface area contributed by atoms with Crippen molar-refractivity contribution in [1.29, 1.82) is 0 Å². The molecule has 0 unspecified atom stereocenters. The summed E-state index contributed by atoms with van der Waals surface area (Å²) >= 11 is 4.77. The highest BCUT2D eigenvalue weighted by Gasteiger charge is 2.34. The topological polar surface area (TPSA) is 102 Å². The van der Waals surface area contributed by atoms with E-state index in [0.717, 1.165) is 16.6 Å². The van der Waals surface area contributed by atoms with Crippen molar-refractivity contribution in [3.8, 4) is 0 Å². The number of aromatic nitrogens is 4. The molecule has 0 radical (unpaired) electrons. The van der Waals surface area contributed by atoms with Crippen LogP contribution in [0.2, 0.25) is 0 Å². The van der Waals surface area contributed by atoms with Crippen molar-refractivity contribution >= 4 is 55.7 Å². The van der Waals surface area contributed by atoms with Crippen LogP contribution in [0.4, 0.5) is 18.9 Å². The third-order valence-electron chi connectivity index (χ3n) is 6.36. The molecule has 0 aliphatic rings. The first-order chi connectivity index (χ1) is 19.5. The minimum Gasteiger partial charge on any atom is -0.346 e. The lowest BCUT2D eigenvalue weighted by atomic mass is 10.1. The molecule has 0 saturated carbocycles. The molecule has 0 bridgehead atoms. The summed E-state index contributed by atoms with van der Waals surface area (Å²) in [4.78, 5) is 33.6. The molecule has 210 valence electrons. The number of amides is 2. The van der Waals surface area contributed by atoms with E-state index in [1.165, 1.54) is 17.4 Å². The monoisotopic (exact) mass is 642 g/mol. The van der Waals surface area contributed by atoms with Gasteiger partial charge < -0.3 is 10.6 Å². The number of rotatable bonds is 7. The molecular weight excluding hydrogens is 621 g/mol. The molecule has 2 amide bonds. The van der Waals surface area contributed by atoms with Gasteiger partial charge in [-0.05, 0) is 55.8 Å². The fraction of sp³-hybridized carbons (Fsp3) is 0.179. The van der Waals surface area contributed by atoms with Gasteiger partial charge in [0, 0.05) is 27.0 Å². The third-order valence-corrected chi connectivity index (χ3v) is 7.63. The van der Waals surface area contributed by atoms with Crippen LogP contribution in [-0.2, 0) is 19.3 Å². The first-order valence-electron chi connectivity index (χ1n) is 12.3. The summed E-state index contributed by atoms with van der Waals surface area (Å²) in [5.74, 6) is -0.924. The first kappa shape index (κ1) is 28.4. The molecule has 2 N–H and O–H groups in total. The lowest BCUT2D eigenvalue weighted by molar-refractivity contribution is -0.141. The number of aryl methyl sites for hydroxylation is 1. The Kier molecular flexibility index (Phi) is 7.91. The average molecular weight is 643 g/mol. The number of anilines is 1. The van der Waals surface area contributed by atoms with Gasteiger partial charge in [0.25, 0.3) is 11.8 Å². The zero-order valence-electron chi connectivity index (χ0n) is 21.7. The van der Waals surface area contributed by atoms with E-state index in [1.54, 1.807) is 49.0 Å². The van der Waals surface area contributed by atoms with Crippen LogP contribution in [0.15, 0.2) is 64.6 Å². The molecule has 3 aromatic heterocycles. The Morgan fingerprint density at radius 2 is 1.80 bits per heavy atom. The van der Waals surface area contributed by atoms with E-state index in [-0.39, 0.29) is 22.4 Å². The molecule has 8 nitrogen and oxygen atoms in total. The van der Waals surface area contributed by atoms with Gasteiger partial charge in [-0.3, -0.25) is 14.3 Å². The van der Waals surface area contributed by atoms with Crippen molar-refractivity contribution in [1.82, 2.24) is 25.1 Å². The molecular formula is C28H22BrF3N6O2S. The van der Waals surface area contributed by atoms with Gasteiger partial charge in [-0.1, -0.05) is 28.1 Å². The zero-order chi connectivity index (χ0) is 29.3. The van der Waals surface area contributed by atoms with E-state index in [4.69, 9.17) is 0 Å². The van der Waals surface area contributed by atoms with Gasteiger partial charge in [0.05, 0.1) is 41.2 Å². The van der Waals surface area contributed by atoms with Crippen molar-refractivity contribution in [2.75, 3.05) is 5.32 Å². The highest BCUT2D eigenvalue weighted by Crippen LogP contribution is 2.32. The number of pyridine rings is 1. The Bertz CT molecular complexity index is 1750. The molecule has 0 fully saturated rings. The van der Waals surface area contributed by atoms with Crippen LogP contribution in [0, 0.1) is 13.8 Å². The van der Waals surface area contributed by atoms with Gasteiger partial charge in [-0.25, -0.2) is 9.97 Å².